The highest BCUT2D eigenvalue weighted by atomic mass is 32.1. The molecule has 1 saturated heterocycles. The van der Waals surface area contributed by atoms with Gasteiger partial charge >= 0.3 is 0 Å². The maximum absolute atomic E-state index is 5.40. The molecule has 0 spiro atoms. The van der Waals surface area contributed by atoms with Gasteiger partial charge in [-0.2, -0.15) is 0 Å². The fourth-order valence-electron chi connectivity index (χ4n) is 2.41. The number of nitrogens with one attached hydrogen (secondary N) is 2. The van der Waals surface area contributed by atoms with Crippen molar-refractivity contribution in [3.63, 3.8) is 0 Å². The summed E-state index contributed by atoms with van der Waals surface area (Å²) < 4.78 is 0. The zero-order valence-corrected chi connectivity index (χ0v) is 12.6. The van der Waals surface area contributed by atoms with Crippen LogP contribution in [0.1, 0.15) is 44.6 Å². The lowest BCUT2D eigenvalue weighted by Gasteiger charge is -2.28. The highest BCUT2D eigenvalue weighted by molar-refractivity contribution is 7.80. The lowest BCUT2D eigenvalue weighted by atomic mass is 10.0. The molecule has 19 heavy (non-hydrogen) atoms. The molecule has 2 rings (SSSR count). The van der Waals surface area contributed by atoms with Gasteiger partial charge in [0.2, 0.25) is 0 Å². The molecule has 1 fully saturated rings. The van der Waals surface area contributed by atoms with Gasteiger partial charge in [0, 0.05) is 18.8 Å². The van der Waals surface area contributed by atoms with Gasteiger partial charge in [-0.3, -0.25) is 5.43 Å². The molecular formula is C15H23N3S. The Balaban J connectivity index is 1.94. The van der Waals surface area contributed by atoms with E-state index < -0.39 is 0 Å². The molecule has 104 valence electrons. The van der Waals surface area contributed by atoms with E-state index in [-0.39, 0.29) is 0 Å². The third-order valence-corrected chi connectivity index (χ3v) is 3.64. The molecule has 0 saturated carbocycles. The first-order valence-electron chi connectivity index (χ1n) is 7.08. The van der Waals surface area contributed by atoms with Gasteiger partial charge in [0.25, 0.3) is 0 Å². The first-order valence-corrected chi connectivity index (χ1v) is 7.49. The Morgan fingerprint density at radius 3 is 2.53 bits per heavy atom. The van der Waals surface area contributed by atoms with Crippen LogP contribution >= 0.6 is 12.2 Å². The second kappa shape index (κ2) is 6.87. The summed E-state index contributed by atoms with van der Waals surface area (Å²) in [4.78, 5) is 0. The van der Waals surface area contributed by atoms with Crippen LogP contribution in [0.15, 0.2) is 24.3 Å². The fourth-order valence-corrected chi connectivity index (χ4v) is 2.65. The van der Waals surface area contributed by atoms with Crippen molar-refractivity contribution in [1.29, 1.82) is 0 Å². The van der Waals surface area contributed by atoms with Crippen LogP contribution in [0.4, 0.5) is 5.69 Å². The zero-order valence-electron chi connectivity index (χ0n) is 11.8. The van der Waals surface area contributed by atoms with Gasteiger partial charge in [0.05, 0.1) is 0 Å². The lowest BCUT2D eigenvalue weighted by molar-refractivity contribution is 0.196. The molecule has 1 heterocycles. The van der Waals surface area contributed by atoms with E-state index in [0.717, 1.165) is 18.8 Å². The molecule has 0 atom stereocenters. The van der Waals surface area contributed by atoms with Crippen molar-refractivity contribution in [2.24, 2.45) is 0 Å². The van der Waals surface area contributed by atoms with Crippen molar-refractivity contribution in [3.05, 3.63) is 29.8 Å². The first-order chi connectivity index (χ1) is 9.16. The molecule has 0 bridgehead atoms. The maximum Gasteiger partial charge on any atom is 0.185 e. The normalized spacial score (nSPS) is 16.4. The highest BCUT2D eigenvalue weighted by Gasteiger charge is 2.12. The number of anilines is 1. The fraction of sp³-hybridized carbons (Fsp3) is 0.533. The number of benzene rings is 1. The molecule has 0 amide bonds. The predicted molar refractivity (Wildman–Crippen MR) is 85.3 cm³/mol. The number of hydrogen-bond acceptors (Lipinski definition) is 2. The average Bonchev–Trinajstić information content (AvgIpc) is 2.40. The summed E-state index contributed by atoms with van der Waals surface area (Å²) >= 11 is 5.40. The number of piperidine rings is 1. The Morgan fingerprint density at radius 2 is 1.84 bits per heavy atom. The van der Waals surface area contributed by atoms with E-state index in [1.807, 2.05) is 6.07 Å². The van der Waals surface area contributed by atoms with E-state index in [1.54, 1.807) is 0 Å². The van der Waals surface area contributed by atoms with Gasteiger partial charge in [0.1, 0.15) is 0 Å². The van der Waals surface area contributed by atoms with Gasteiger partial charge in [-0.05, 0) is 42.6 Å². The quantitative estimate of drug-likeness (QED) is 0.827. The van der Waals surface area contributed by atoms with Crippen molar-refractivity contribution >= 4 is 23.0 Å². The van der Waals surface area contributed by atoms with Crippen LogP contribution in [0, 0.1) is 0 Å². The number of hydrogen-bond donors (Lipinski definition) is 2. The molecular weight excluding hydrogens is 254 g/mol. The molecule has 0 aliphatic carbocycles. The number of para-hydroxylation sites is 1. The molecule has 0 unspecified atom stereocenters. The van der Waals surface area contributed by atoms with Crippen LogP contribution in [0.3, 0.4) is 0 Å². The minimum Gasteiger partial charge on any atom is -0.331 e. The minimum absolute atomic E-state index is 0.487. The maximum atomic E-state index is 5.40. The molecule has 2 N–H and O–H groups in total. The minimum atomic E-state index is 0.487. The van der Waals surface area contributed by atoms with E-state index in [4.69, 9.17) is 12.2 Å². The van der Waals surface area contributed by atoms with Gasteiger partial charge in [-0.15, -0.1) is 0 Å². The Kier molecular flexibility index (Phi) is 5.16. The molecule has 0 aromatic heterocycles. The van der Waals surface area contributed by atoms with Crippen molar-refractivity contribution in [2.45, 2.75) is 39.0 Å². The number of hydrazine groups is 1. The number of rotatable bonds is 3. The molecule has 1 aromatic carbocycles. The summed E-state index contributed by atoms with van der Waals surface area (Å²) in [5.41, 5.74) is 5.69. The average molecular weight is 277 g/mol. The third kappa shape index (κ3) is 4.18. The largest absolute Gasteiger partial charge is 0.331 e. The molecule has 1 aromatic rings. The summed E-state index contributed by atoms with van der Waals surface area (Å²) in [7, 11) is 0. The van der Waals surface area contributed by atoms with E-state index >= 15 is 0 Å². The number of thiocarbonyl (C=S) groups is 1. The van der Waals surface area contributed by atoms with E-state index in [9.17, 15) is 0 Å². The van der Waals surface area contributed by atoms with Crippen LogP contribution < -0.4 is 10.7 Å². The van der Waals surface area contributed by atoms with Crippen LogP contribution in [0.2, 0.25) is 0 Å². The summed E-state index contributed by atoms with van der Waals surface area (Å²) in [5.74, 6) is 0.487. The number of nitrogens with zero attached hydrogens (tertiary/aromatic N) is 1. The molecule has 1 aliphatic rings. The smallest absolute Gasteiger partial charge is 0.185 e. The Hall–Kier alpha value is -1.13. The highest BCUT2D eigenvalue weighted by Crippen LogP contribution is 2.23. The van der Waals surface area contributed by atoms with Crippen LogP contribution in [0.5, 0.6) is 0 Å². The van der Waals surface area contributed by atoms with E-state index in [2.05, 4.69) is 47.8 Å². The molecule has 0 radical (unpaired) electrons. The zero-order chi connectivity index (χ0) is 13.7. The van der Waals surface area contributed by atoms with Gasteiger partial charge in [-0.1, -0.05) is 38.5 Å². The molecule has 1 aliphatic heterocycles. The van der Waals surface area contributed by atoms with Crippen LogP contribution in [-0.4, -0.2) is 23.2 Å². The molecule has 4 heteroatoms. The summed E-state index contributed by atoms with van der Waals surface area (Å²) in [6.45, 7) is 6.55. The van der Waals surface area contributed by atoms with Gasteiger partial charge < -0.3 is 5.32 Å². The molecule has 3 nitrogen and oxygen atoms in total. The van der Waals surface area contributed by atoms with Crippen LogP contribution in [0.25, 0.3) is 0 Å². The Bertz CT molecular complexity index is 425. The standard InChI is InChI=1S/C15H23N3S/c1-12(2)13-8-4-5-9-14(13)16-15(19)17-18-10-6-3-7-11-18/h4-5,8-9,12H,3,6-7,10-11H2,1-2H3,(H2,16,17,19). The van der Waals surface area contributed by atoms with Crippen molar-refractivity contribution in [1.82, 2.24) is 10.4 Å². The Labute approximate surface area is 121 Å². The third-order valence-electron chi connectivity index (χ3n) is 3.45. The predicted octanol–water partition coefficient (Wildman–Crippen LogP) is 3.50. The van der Waals surface area contributed by atoms with Crippen LogP contribution in [-0.2, 0) is 0 Å². The summed E-state index contributed by atoms with van der Waals surface area (Å²) in [5, 5.41) is 6.21. The van der Waals surface area contributed by atoms with Crippen molar-refractivity contribution < 1.29 is 0 Å². The second-order valence-electron chi connectivity index (χ2n) is 5.36. The van der Waals surface area contributed by atoms with Crippen molar-refractivity contribution in [2.75, 3.05) is 18.4 Å². The van der Waals surface area contributed by atoms with E-state index in [1.165, 1.54) is 24.8 Å². The monoisotopic (exact) mass is 277 g/mol. The Morgan fingerprint density at radius 1 is 1.16 bits per heavy atom. The van der Waals surface area contributed by atoms with Gasteiger partial charge in [0.15, 0.2) is 5.11 Å². The second-order valence-corrected chi connectivity index (χ2v) is 5.76. The topological polar surface area (TPSA) is 27.3 Å². The summed E-state index contributed by atoms with van der Waals surface area (Å²) in [6.07, 6.45) is 3.82. The summed E-state index contributed by atoms with van der Waals surface area (Å²) in [6, 6.07) is 8.34. The SMILES string of the molecule is CC(C)c1ccccc1NC(=S)NN1CCCCC1. The van der Waals surface area contributed by atoms with E-state index in [0.29, 0.717) is 11.0 Å². The van der Waals surface area contributed by atoms with Crippen molar-refractivity contribution in [3.8, 4) is 0 Å². The lowest BCUT2D eigenvalue weighted by Crippen LogP contribution is -2.46. The van der Waals surface area contributed by atoms with Gasteiger partial charge in [-0.25, -0.2) is 5.01 Å². The first kappa shape index (κ1) is 14.3.